The van der Waals surface area contributed by atoms with Crippen molar-refractivity contribution in [1.82, 2.24) is 10.2 Å². The zero-order chi connectivity index (χ0) is 22.7. The van der Waals surface area contributed by atoms with Crippen LogP contribution in [0.15, 0.2) is 36.4 Å². The first kappa shape index (κ1) is 22.4. The Labute approximate surface area is 189 Å². The molecule has 1 amide bonds. The molecule has 0 aromatic heterocycles. The van der Waals surface area contributed by atoms with Crippen molar-refractivity contribution >= 4 is 5.91 Å². The average Bonchev–Trinajstić information content (AvgIpc) is 2.84. The largest absolute Gasteiger partial charge is 0.493 e. The molecule has 0 bridgehead atoms. The number of hydrogen-bond donors (Lipinski definition) is 2. The third-order valence-electron chi connectivity index (χ3n) is 6.71. The van der Waals surface area contributed by atoms with E-state index in [-0.39, 0.29) is 18.0 Å². The predicted octanol–water partition coefficient (Wildman–Crippen LogP) is 2.96. The molecule has 2 N–H and O–H groups in total. The molecular formula is C25H32N2O5. The molecule has 0 radical (unpaired) electrons. The number of aliphatic hydroxyl groups excluding tert-OH is 1. The van der Waals surface area contributed by atoms with E-state index in [1.54, 1.807) is 21.3 Å². The lowest BCUT2D eigenvalue weighted by molar-refractivity contribution is 0.0205. The maximum atomic E-state index is 12.5. The molecule has 4 rings (SSSR count). The summed E-state index contributed by atoms with van der Waals surface area (Å²) in [6.45, 7) is 1.67. The van der Waals surface area contributed by atoms with Crippen LogP contribution in [0.5, 0.6) is 17.2 Å². The van der Waals surface area contributed by atoms with Crippen LogP contribution in [0.25, 0.3) is 0 Å². The van der Waals surface area contributed by atoms with E-state index < -0.39 is 6.10 Å². The van der Waals surface area contributed by atoms with E-state index >= 15 is 0 Å². The zero-order valence-corrected chi connectivity index (χ0v) is 19.0. The maximum Gasteiger partial charge on any atom is 0.251 e. The quantitative estimate of drug-likeness (QED) is 0.719. The first-order chi connectivity index (χ1) is 15.6. The second kappa shape index (κ2) is 9.79. The maximum absolute atomic E-state index is 12.5. The number of likely N-dealkylation sites (tertiary alicyclic amines) is 1. The molecule has 1 aliphatic heterocycles. The molecule has 1 saturated heterocycles. The number of methoxy groups -OCH3 is 3. The second-order valence-electron chi connectivity index (χ2n) is 8.41. The van der Waals surface area contributed by atoms with Crippen LogP contribution in [0.3, 0.4) is 0 Å². The highest BCUT2D eigenvalue weighted by Crippen LogP contribution is 2.47. The molecule has 1 fully saturated rings. The van der Waals surface area contributed by atoms with E-state index in [4.69, 9.17) is 14.2 Å². The van der Waals surface area contributed by atoms with Crippen LogP contribution in [0.1, 0.15) is 46.9 Å². The number of rotatable bonds is 6. The Morgan fingerprint density at radius 2 is 1.69 bits per heavy atom. The summed E-state index contributed by atoms with van der Waals surface area (Å²) in [4.78, 5) is 14.8. The van der Waals surface area contributed by atoms with Crippen LogP contribution >= 0.6 is 0 Å². The summed E-state index contributed by atoms with van der Waals surface area (Å²) in [5, 5.41) is 14.4. The molecule has 0 saturated carbocycles. The number of nitrogens with one attached hydrogen (secondary N) is 1. The Balaban J connectivity index is 1.43. The molecule has 1 aliphatic carbocycles. The van der Waals surface area contributed by atoms with Crippen molar-refractivity contribution in [3.05, 3.63) is 53.1 Å². The number of aliphatic hydroxyl groups is 1. The number of amides is 1. The van der Waals surface area contributed by atoms with E-state index in [0.29, 0.717) is 22.8 Å². The fraction of sp³-hybridized carbons (Fsp3) is 0.480. The number of carbonyl (C=O) groups excluding carboxylic acids is 1. The smallest absolute Gasteiger partial charge is 0.251 e. The number of benzene rings is 2. The first-order valence-electron chi connectivity index (χ1n) is 11.2. The summed E-state index contributed by atoms with van der Waals surface area (Å²) >= 11 is 0. The minimum absolute atomic E-state index is 0.0242. The van der Waals surface area contributed by atoms with Gasteiger partial charge in [-0.25, -0.2) is 0 Å². The van der Waals surface area contributed by atoms with Crippen LogP contribution < -0.4 is 19.5 Å². The molecule has 7 heteroatoms. The van der Waals surface area contributed by atoms with Crippen molar-refractivity contribution < 1.29 is 24.1 Å². The van der Waals surface area contributed by atoms with Crippen molar-refractivity contribution in [3.8, 4) is 17.2 Å². The van der Waals surface area contributed by atoms with Crippen molar-refractivity contribution in [3.63, 3.8) is 0 Å². The van der Waals surface area contributed by atoms with Gasteiger partial charge >= 0.3 is 0 Å². The monoisotopic (exact) mass is 440 g/mol. The molecule has 2 aliphatic rings. The standard InChI is InChI=1S/C25H32N2O5/c1-30-21-15-19-18(23(31-2)24(21)32-3)9-10-20(22(19)28)27-13-11-17(12-14-27)26-25(29)16-7-5-4-6-8-16/h4-8,15,17,20,22,28H,9-14H2,1-3H3,(H,26,29). The molecule has 1 heterocycles. The van der Waals surface area contributed by atoms with E-state index in [2.05, 4.69) is 10.2 Å². The van der Waals surface area contributed by atoms with Gasteiger partial charge in [0.05, 0.1) is 27.4 Å². The molecule has 2 atom stereocenters. The predicted molar refractivity (Wildman–Crippen MR) is 122 cm³/mol. The molecule has 2 aromatic rings. The fourth-order valence-electron chi connectivity index (χ4n) is 5.03. The molecule has 7 nitrogen and oxygen atoms in total. The summed E-state index contributed by atoms with van der Waals surface area (Å²) in [7, 11) is 4.80. The van der Waals surface area contributed by atoms with E-state index in [1.807, 2.05) is 36.4 Å². The van der Waals surface area contributed by atoms with Gasteiger partial charge in [0, 0.05) is 36.3 Å². The number of carbonyl (C=O) groups is 1. The lowest BCUT2D eigenvalue weighted by Gasteiger charge is -2.42. The average molecular weight is 441 g/mol. The number of nitrogens with zero attached hydrogens (tertiary/aromatic N) is 1. The van der Waals surface area contributed by atoms with Gasteiger partial charge in [0.2, 0.25) is 5.75 Å². The normalized spacial score (nSPS) is 21.5. The number of ether oxygens (including phenoxy) is 3. The molecule has 2 aromatic carbocycles. The van der Waals surface area contributed by atoms with Gasteiger partial charge in [-0.2, -0.15) is 0 Å². The van der Waals surface area contributed by atoms with E-state index in [0.717, 1.165) is 49.9 Å². The van der Waals surface area contributed by atoms with Crippen LogP contribution in [0.2, 0.25) is 0 Å². The summed E-state index contributed by atoms with van der Waals surface area (Å²) in [5.74, 6) is 1.74. The third-order valence-corrected chi connectivity index (χ3v) is 6.71. The van der Waals surface area contributed by atoms with Gasteiger partial charge in [0.15, 0.2) is 11.5 Å². The molecular weight excluding hydrogens is 408 g/mol. The zero-order valence-electron chi connectivity index (χ0n) is 19.0. The minimum atomic E-state index is -0.636. The second-order valence-corrected chi connectivity index (χ2v) is 8.41. The van der Waals surface area contributed by atoms with Crippen LogP contribution in [0.4, 0.5) is 0 Å². The Bertz CT molecular complexity index is 941. The Hall–Kier alpha value is -2.77. The highest BCUT2D eigenvalue weighted by molar-refractivity contribution is 5.94. The van der Waals surface area contributed by atoms with E-state index in [9.17, 15) is 9.90 Å². The van der Waals surface area contributed by atoms with Gasteiger partial charge in [-0.1, -0.05) is 18.2 Å². The van der Waals surface area contributed by atoms with Crippen LogP contribution in [-0.4, -0.2) is 62.4 Å². The van der Waals surface area contributed by atoms with Gasteiger partial charge < -0.3 is 24.6 Å². The first-order valence-corrected chi connectivity index (χ1v) is 11.2. The molecule has 32 heavy (non-hydrogen) atoms. The molecule has 0 spiro atoms. The lowest BCUT2D eigenvalue weighted by Crippen LogP contribution is -2.50. The number of fused-ring (bicyclic) bond motifs is 1. The Morgan fingerprint density at radius 3 is 2.31 bits per heavy atom. The summed E-state index contributed by atoms with van der Waals surface area (Å²) in [6, 6.07) is 11.4. The number of hydrogen-bond acceptors (Lipinski definition) is 6. The topological polar surface area (TPSA) is 80.3 Å². The Kier molecular flexibility index (Phi) is 6.86. The van der Waals surface area contributed by atoms with E-state index in [1.165, 1.54) is 0 Å². The summed E-state index contributed by atoms with van der Waals surface area (Å²) < 4.78 is 16.6. The lowest BCUT2D eigenvalue weighted by atomic mass is 9.83. The summed E-state index contributed by atoms with van der Waals surface area (Å²) in [5.41, 5.74) is 2.52. The molecule has 172 valence electrons. The van der Waals surface area contributed by atoms with Crippen LogP contribution in [-0.2, 0) is 6.42 Å². The minimum Gasteiger partial charge on any atom is -0.493 e. The van der Waals surface area contributed by atoms with Gasteiger partial charge in [-0.15, -0.1) is 0 Å². The summed E-state index contributed by atoms with van der Waals surface area (Å²) in [6.07, 6.45) is 2.73. The van der Waals surface area contributed by atoms with Crippen molar-refractivity contribution in [2.75, 3.05) is 34.4 Å². The van der Waals surface area contributed by atoms with Crippen LogP contribution in [0, 0.1) is 0 Å². The van der Waals surface area contributed by atoms with Gasteiger partial charge in [0.25, 0.3) is 5.91 Å². The Morgan fingerprint density at radius 1 is 1.00 bits per heavy atom. The SMILES string of the molecule is COc1cc2c(c(OC)c1OC)CCC(N1CCC(NC(=O)c3ccccc3)CC1)C2O. The van der Waals surface area contributed by atoms with Gasteiger partial charge in [-0.05, 0) is 49.4 Å². The fourth-order valence-corrected chi connectivity index (χ4v) is 5.03. The van der Waals surface area contributed by atoms with Crippen molar-refractivity contribution in [1.29, 1.82) is 0 Å². The highest BCUT2D eigenvalue weighted by atomic mass is 16.5. The van der Waals surface area contributed by atoms with Gasteiger partial charge in [-0.3, -0.25) is 9.69 Å². The number of piperidine rings is 1. The van der Waals surface area contributed by atoms with Gasteiger partial charge in [0.1, 0.15) is 0 Å². The van der Waals surface area contributed by atoms with Crippen molar-refractivity contribution in [2.45, 2.75) is 43.9 Å². The molecule has 2 unspecified atom stereocenters. The highest BCUT2D eigenvalue weighted by Gasteiger charge is 2.37. The third kappa shape index (κ3) is 4.27. The van der Waals surface area contributed by atoms with Crippen molar-refractivity contribution in [2.24, 2.45) is 0 Å².